The van der Waals surface area contributed by atoms with Crippen molar-refractivity contribution in [3.63, 3.8) is 0 Å². The van der Waals surface area contributed by atoms with Gasteiger partial charge in [0.1, 0.15) is 5.82 Å². The Morgan fingerprint density at radius 3 is 2.95 bits per heavy atom. The van der Waals surface area contributed by atoms with Gasteiger partial charge in [0.2, 0.25) is 0 Å². The second-order valence-electron chi connectivity index (χ2n) is 4.70. The zero-order valence-corrected chi connectivity index (χ0v) is 12.3. The van der Waals surface area contributed by atoms with Crippen molar-refractivity contribution in [1.82, 2.24) is 0 Å². The maximum absolute atomic E-state index is 13.9. The molecule has 5 heteroatoms. The predicted molar refractivity (Wildman–Crippen MR) is 84.0 cm³/mol. The minimum Gasteiger partial charge on any atom is -0.399 e. The first kappa shape index (κ1) is 13.6. The molecule has 0 spiro atoms. The van der Waals surface area contributed by atoms with Gasteiger partial charge < -0.3 is 10.6 Å². The molecule has 0 saturated heterocycles. The highest BCUT2D eigenvalue weighted by molar-refractivity contribution is 7.99. The molecule has 0 fully saturated rings. The van der Waals surface area contributed by atoms with E-state index in [-0.39, 0.29) is 5.82 Å². The standard InChI is InChI=1S/C15H14ClFN2S/c16-12-2-1-3-13(17)11(12)9-19-6-7-20-15-8-10(18)4-5-14(15)19/h1-5,8H,6-7,9,18H2. The number of nitrogens with two attached hydrogens (primary N) is 1. The first-order valence-electron chi connectivity index (χ1n) is 6.35. The summed E-state index contributed by atoms with van der Waals surface area (Å²) in [5, 5.41) is 0.472. The minimum atomic E-state index is -0.257. The molecule has 1 heterocycles. The molecule has 3 rings (SSSR count). The fraction of sp³-hybridized carbons (Fsp3) is 0.200. The van der Waals surface area contributed by atoms with Gasteiger partial charge in [0, 0.05) is 40.0 Å². The van der Waals surface area contributed by atoms with E-state index in [4.69, 9.17) is 17.3 Å². The number of anilines is 2. The Bertz CT molecular complexity index is 628. The van der Waals surface area contributed by atoms with Gasteiger partial charge in [0.05, 0.1) is 5.69 Å². The zero-order chi connectivity index (χ0) is 14.1. The summed E-state index contributed by atoms with van der Waals surface area (Å²) in [4.78, 5) is 3.29. The van der Waals surface area contributed by atoms with Crippen molar-refractivity contribution in [2.24, 2.45) is 0 Å². The van der Waals surface area contributed by atoms with Crippen LogP contribution in [0, 0.1) is 5.82 Å². The molecule has 0 aliphatic carbocycles. The number of fused-ring (bicyclic) bond motifs is 1. The molecular weight excluding hydrogens is 295 g/mol. The highest BCUT2D eigenvalue weighted by atomic mass is 35.5. The molecule has 104 valence electrons. The average molecular weight is 309 g/mol. The van der Waals surface area contributed by atoms with E-state index in [1.54, 1.807) is 23.9 Å². The van der Waals surface area contributed by atoms with Crippen LogP contribution in [0.2, 0.25) is 5.02 Å². The first-order valence-corrected chi connectivity index (χ1v) is 7.71. The van der Waals surface area contributed by atoms with Gasteiger partial charge in [0.15, 0.2) is 0 Å². The van der Waals surface area contributed by atoms with Crippen LogP contribution in [0.15, 0.2) is 41.3 Å². The summed E-state index contributed by atoms with van der Waals surface area (Å²) in [6, 6.07) is 10.6. The minimum absolute atomic E-state index is 0.257. The number of nitrogens with zero attached hydrogens (tertiary/aromatic N) is 1. The van der Waals surface area contributed by atoms with E-state index < -0.39 is 0 Å². The van der Waals surface area contributed by atoms with Crippen molar-refractivity contribution in [1.29, 1.82) is 0 Å². The Hall–Kier alpha value is -1.39. The lowest BCUT2D eigenvalue weighted by Gasteiger charge is -2.31. The predicted octanol–water partition coefficient (Wildman–Crippen LogP) is 4.17. The Labute approximate surface area is 126 Å². The molecule has 20 heavy (non-hydrogen) atoms. The fourth-order valence-corrected chi connectivity index (χ4v) is 3.65. The maximum atomic E-state index is 13.9. The lowest BCUT2D eigenvalue weighted by molar-refractivity contribution is 0.605. The molecule has 0 bridgehead atoms. The normalized spacial score (nSPS) is 14.2. The summed E-state index contributed by atoms with van der Waals surface area (Å²) in [6.45, 7) is 1.34. The van der Waals surface area contributed by atoms with E-state index in [9.17, 15) is 4.39 Å². The van der Waals surface area contributed by atoms with Crippen LogP contribution in [0.4, 0.5) is 15.8 Å². The lowest BCUT2D eigenvalue weighted by atomic mass is 10.1. The lowest BCUT2D eigenvalue weighted by Crippen LogP contribution is -2.29. The quantitative estimate of drug-likeness (QED) is 0.844. The van der Waals surface area contributed by atoms with Crippen molar-refractivity contribution >= 4 is 34.7 Å². The van der Waals surface area contributed by atoms with Crippen LogP contribution in [0.5, 0.6) is 0 Å². The molecule has 2 aromatic rings. The topological polar surface area (TPSA) is 29.3 Å². The fourth-order valence-electron chi connectivity index (χ4n) is 2.33. The Kier molecular flexibility index (Phi) is 3.76. The van der Waals surface area contributed by atoms with Crippen LogP contribution in [0.1, 0.15) is 5.56 Å². The van der Waals surface area contributed by atoms with Gasteiger partial charge >= 0.3 is 0 Å². The van der Waals surface area contributed by atoms with Crippen molar-refractivity contribution in [3.8, 4) is 0 Å². The zero-order valence-electron chi connectivity index (χ0n) is 10.8. The Balaban J connectivity index is 1.94. The summed E-state index contributed by atoms with van der Waals surface area (Å²) in [6.07, 6.45) is 0. The van der Waals surface area contributed by atoms with E-state index in [0.29, 0.717) is 17.1 Å². The summed E-state index contributed by atoms with van der Waals surface area (Å²) < 4.78 is 13.9. The third-order valence-corrected chi connectivity index (χ3v) is 4.73. The maximum Gasteiger partial charge on any atom is 0.129 e. The van der Waals surface area contributed by atoms with Crippen molar-refractivity contribution in [2.75, 3.05) is 22.9 Å². The second kappa shape index (κ2) is 5.54. The van der Waals surface area contributed by atoms with Gasteiger partial charge in [-0.2, -0.15) is 0 Å². The van der Waals surface area contributed by atoms with Crippen LogP contribution in [0.3, 0.4) is 0 Å². The van der Waals surface area contributed by atoms with Gasteiger partial charge in [0.25, 0.3) is 0 Å². The largest absolute Gasteiger partial charge is 0.399 e. The SMILES string of the molecule is Nc1ccc2c(c1)SCCN2Cc1c(F)cccc1Cl. The summed E-state index contributed by atoms with van der Waals surface area (Å²) in [5.74, 6) is 0.704. The third-order valence-electron chi connectivity index (χ3n) is 3.35. The van der Waals surface area contributed by atoms with Gasteiger partial charge in [-0.25, -0.2) is 4.39 Å². The molecular formula is C15H14ClFN2S. The Morgan fingerprint density at radius 1 is 1.30 bits per heavy atom. The monoisotopic (exact) mass is 308 g/mol. The highest BCUT2D eigenvalue weighted by Gasteiger charge is 2.19. The highest BCUT2D eigenvalue weighted by Crippen LogP contribution is 2.37. The van der Waals surface area contributed by atoms with Crippen LogP contribution >= 0.6 is 23.4 Å². The van der Waals surface area contributed by atoms with Crippen LogP contribution < -0.4 is 10.6 Å². The molecule has 0 atom stereocenters. The van der Waals surface area contributed by atoms with Crippen LogP contribution in [0.25, 0.3) is 0 Å². The van der Waals surface area contributed by atoms with Crippen LogP contribution in [-0.2, 0) is 6.54 Å². The molecule has 0 aromatic heterocycles. The molecule has 1 aliphatic rings. The van der Waals surface area contributed by atoms with Gasteiger partial charge in [-0.05, 0) is 30.3 Å². The van der Waals surface area contributed by atoms with Crippen LogP contribution in [-0.4, -0.2) is 12.3 Å². The molecule has 1 aliphatic heterocycles. The van der Waals surface area contributed by atoms with E-state index >= 15 is 0 Å². The number of thioether (sulfide) groups is 1. The number of halogens is 2. The van der Waals surface area contributed by atoms with Crippen molar-refractivity contribution < 1.29 is 4.39 Å². The summed E-state index contributed by atoms with van der Waals surface area (Å²) in [7, 11) is 0. The van der Waals surface area contributed by atoms with Gasteiger partial charge in [-0.1, -0.05) is 17.7 Å². The van der Waals surface area contributed by atoms with E-state index in [2.05, 4.69) is 4.90 Å². The van der Waals surface area contributed by atoms with Gasteiger partial charge in [-0.3, -0.25) is 0 Å². The molecule has 2 nitrogen and oxygen atoms in total. The second-order valence-corrected chi connectivity index (χ2v) is 6.24. The van der Waals surface area contributed by atoms with Gasteiger partial charge in [-0.15, -0.1) is 11.8 Å². The molecule has 0 saturated carbocycles. The number of benzene rings is 2. The van der Waals surface area contributed by atoms with E-state index in [1.807, 2.05) is 18.2 Å². The number of nitrogen functional groups attached to an aromatic ring is 1. The first-order chi connectivity index (χ1) is 9.65. The van der Waals surface area contributed by atoms with Crippen molar-refractivity contribution in [2.45, 2.75) is 11.4 Å². The summed E-state index contributed by atoms with van der Waals surface area (Å²) >= 11 is 7.89. The third kappa shape index (κ3) is 2.58. The smallest absolute Gasteiger partial charge is 0.129 e. The molecule has 0 unspecified atom stereocenters. The average Bonchev–Trinajstić information content (AvgIpc) is 2.42. The molecule has 2 aromatic carbocycles. The van der Waals surface area contributed by atoms with Crippen molar-refractivity contribution in [3.05, 3.63) is 52.8 Å². The van der Waals surface area contributed by atoms with E-state index in [0.717, 1.165) is 28.6 Å². The molecule has 0 radical (unpaired) electrons. The van der Waals surface area contributed by atoms with E-state index in [1.165, 1.54) is 6.07 Å². The Morgan fingerprint density at radius 2 is 2.15 bits per heavy atom. The summed E-state index contributed by atoms with van der Waals surface area (Å²) in [5.41, 5.74) is 8.20. The number of hydrogen-bond donors (Lipinski definition) is 1. The molecule has 2 N–H and O–H groups in total. The molecule has 0 amide bonds. The number of rotatable bonds is 2. The number of hydrogen-bond acceptors (Lipinski definition) is 3.